The monoisotopic (exact) mass is 304 g/mol. The van der Waals surface area contributed by atoms with E-state index in [-0.39, 0.29) is 0 Å². The van der Waals surface area contributed by atoms with Gasteiger partial charge in [0.05, 0.1) is 0 Å². The van der Waals surface area contributed by atoms with Crippen LogP contribution < -0.4 is 0 Å². The fourth-order valence-electron chi connectivity index (χ4n) is 2.62. The second-order valence-corrected chi connectivity index (χ2v) is 6.50. The number of imidazole rings is 1. The molecule has 0 N–H and O–H groups in total. The first-order chi connectivity index (χ1) is 10.8. The van der Waals surface area contributed by atoms with Crippen molar-refractivity contribution in [2.24, 2.45) is 0 Å². The van der Waals surface area contributed by atoms with Crippen LogP contribution in [0.1, 0.15) is 17.7 Å². The Bertz CT molecular complexity index is 885. The SMILES string of the molecule is Cc1ccc(Sc2c(C3=CC=CC3)nc3ccccn23)cc1. The maximum Gasteiger partial charge on any atom is 0.138 e. The Morgan fingerprint density at radius 2 is 1.95 bits per heavy atom. The number of fused-ring (bicyclic) bond motifs is 1. The fraction of sp³-hybridized carbons (Fsp3) is 0.105. The van der Waals surface area contributed by atoms with Crippen molar-refractivity contribution in [3.8, 4) is 0 Å². The van der Waals surface area contributed by atoms with Crippen LogP contribution >= 0.6 is 11.8 Å². The van der Waals surface area contributed by atoms with Crippen molar-refractivity contribution in [1.29, 1.82) is 0 Å². The lowest BCUT2D eigenvalue weighted by atomic mass is 10.2. The van der Waals surface area contributed by atoms with Gasteiger partial charge in [-0.2, -0.15) is 0 Å². The third-order valence-corrected chi connectivity index (χ3v) is 4.89. The molecule has 0 aliphatic heterocycles. The second kappa shape index (κ2) is 5.50. The molecule has 0 amide bonds. The number of pyridine rings is 1. The van der Waals surface area contributed by atoms with Crippen LogP contribution in [-0.2, 0) is 0 Å². The maximum atomic E-state index is 4.84. The van der Waals surface area contributed by atoms with E-state index in [1.165, 1.54) is 21.1 Å². The molecule has 22 heavy (non-hydrogen) atoms. The molecule has 4 rings (SSSR count). The number of hydrogen-bond acceptors (Lipinski definition) is 2. The highest BCUT2D eigenvalue weighted by Crippen LogP contribution is 2.36. The summed E-state index contributed by atoms with van der Waals surface area (Å²) in [5.74, 6) is 0. The number of allylic oxidation sites excluding steroid dienone is 4. The van der Waals surface area contributed by atoms with Crippen molar-refractivity contribution >= 4 is 23.0 Å². The number of aryl methyl sites for hydroxylation is 1. The Balaban J connectivity index is 1.83. The molecule has 2 aromatic heterocycles. The lowest BCUT2D eigenvalue weighted by Crippen LogP contribution is -1.88. The van der Waals surface area contributed by atoms with E-state index in [2.05, 4.69) is 72.1 Å². The van der Waals surface area contributed by atoms with Gasteiger partial charge in [-0.1, -0.05) is 53.8 Å². The van der Waals surface area contributed by atoms with Crippen molar-refractivity contribution in [3.05, 3.63) is 78.1 Å². The zero-order valence-corrected chi connectivity index (χ0v) is 13.2. The van der Waals surface area contributed by atoms with E-state index in [0.717, 1.165) is 17.8 Å². The minimum atomic E-state index is 0.964. The predicted octanol–water partition coefficient (Wildman–Crippen LogP) is 5.14. The van der Waals surface area contributed by atoms with Crippen molar-refractivity contribution in [2.45, 2.75) is 23.3 Å². The molecule has 0 unspecified atom stereocenters. The van der Waals surface area contributed by atoms with Crippen LogP contribution in [0.3, 0.4) is 0 Å². The Kier molecular flexibility index (Phi) is 3.35. The molecular formula is C19H16N2S. The van der Waals surface area contributed by atoms with Gasteiger partial charge in [0, 0.05) is 11.1 Å². The van der Waals surface area contributed by atoms with Crippen LogP contribution in [0, 0.1) is 6.92 Å². The summed E-state index contributed by atoms with van der Waals surface area (Å²) in [6, 6.07) is 14.8. The first kappa shape index (κ1) is 13.4. The molecule has 108 valence electrons. The summed E-state index contributed by atoms with van der Waals surface area (Å²) < 4.78 is 2.18. The van der Waals surface area contributed by atoms with E-state index in [1.54, 1.807) is 11.8 Å². The zero-order valence-electron chi connectivity index (χ0n) is 12.4. The fourth-order valence-corrected chi connectivity index (χ4v) is 3.64. The topological polar surface area (TPSA) is 17.3 Å². The van der Waals surface area contributed by atoms with Gasteiger partial charge in [0.1, 0.15) is 16.4 Å². The van der Waals surface area contributed by atoms with Gasteiger partial charge in [0.2, 0.25) is 0 Å². The van der Waals surface area contributed by atoms with Crippen LogP contribution in [0.5, 0.6) is 0 Å². The van der Waals surface area contributed by atoms with Crippen LogP contribution in [-0.4, -0.2) is 9.38 Å². The predicted molar refractivity (Wildman–Crippen MR) is 92.2 cm³/mol. The molecule has 0 saturated heterocycles. The van der Waals surface area contributed by atoms with Gasteiger partial charge >= 0.3 is 0 Å². The summed E-state index contributed by atoms with van der Waals surface area (Å²) >= 11 is 1.78. The largest absolute Gasteiger partial charge is 0.294 e. The van der Waals surface area contributed by atoms with Gasteiger partial charge < -0.3 is 0 Å². The summed E-state index contributed by atoms with van der Waals surface area (Å²) in [7, 11) is 0. The molecule has 0 atom stereocenters. The number of hydrogen-bond donors (Lipinski definition) is 0. The van der Waals surface area contributed by atoms with Crippen LogP contribution in [0.25, 0.3) is 11.2 Å². The van der Waals surface area contributed by atoms with E-state index in [1.807, 2.05) is 6.07 Å². The Morgan fingerprint density at radius 1 is 1.09 bits per heavy atom. The zero-order chi connectivity index (χ0) is 14.9. The summed E-state index contributed by atoms with van der Waals surface area (Å²) in [6.45, 7) is 2.11. The maximum absolute atomic E-state index is 4.84. The van der Waals surface area contributed by atoms with Gasteiger partial charge in [-0.05, 0) is 43.2 Å². The molecule has 0 fully saturated rings. The quantitative estimate of drug-likeness (QED) is 0.667. The molecule has 1 aliphatic rings. The van der Waals surface area contributed by atoms with Gasteiger partial charge in [0.15, 0.2) is 0 Å². The first-order valence-electron chi connectivity index (χ1n) is 7.39. The molecule has 3 aromatic rings. The molecule has 0 radical (unpaired) electrons. The van der Waals surface area contributed by atoms with Crippen LogP contribution in [0.15, 0.2) is 76.8 Å². The van der Waals surface area contributed by atoms with Crippen molar-refractivity contribution in [2.75, 3.05) is 0 Å². The Hall–Kier alpha value is -2.26. The average molecular weight is 304 g/mol. The molecule has 0 bridgehead atoms. The van der Waals surface area contributed by atoms with Gasteiger partial charge in [-0.15, -0.1) is 0 Å². The summed E-state index contributed by atoms with van der Waals surface area (Å²) in [5.41, 5.74) is 4.67. The lowest BCUT2D eigenvalue weighted by Gasteiger charge is -2.06. The molecule has 2 heterocycles. The molecule has 0 spiro atoms. The van der Waals surface area contributed by atoms with Crippen molar-refractivity contribution in [3.63, 3.8) is 0 Å². The van der Waals surface area contributed by atoms with Gasteiger partial charge in [-0.3, -0.25) is 4.40 Å². The summed E-state index contributed by atoms with van der Waals surface area (Å²) in [6.07, 6.45) is 9.51. The van der Waals surface area contributed by atoms with Gasteiger partial charge in [0.25, 0.3) is 0 Å². The van der Waals surface area contributed by atoms with Crippen LogP contribution in [0.4, 0.5) is 0 Å². The molecule has 2 nitrogen and oxygen atoms in total. The van der Waals surface area contributed by atoms with E-state index >= 15 is 0 Å². The average Bonchev–Trinajstić information content (AvgIpc) is 3.18. The summed E-state index contributed by atoms with van der Waals surface area (Å²) in [4.78, 5) is 6.08. The van der Waals surface area contributed by atoms with Crippen molar-refractivity contribution < 1.29 is 0 Å². The number of nitrogens with zero attached hydrogens (tertiary/aromatic N) is 2. The van der Waals surface area contributed by atoms with E-state index in [9.17, 15) is 0 Å². The Morgan fingerprint density at radius 3 is 2.73 bits per heavy atom. The highest BCUT2D eigenvalue weighted by Gasteiger charge is 2.17. The number of benzene rings is 1. The van der Waals surface area contributed by atoms with Gasteiger partial charge in [-0.25, -0.2) is 4.98 Å². The molecule has 0 saturated carbocycles. The third-order valence-electron chi connectivity index (χ3n) is 3.80. The summed E-state index contributed by atoms with van der Waals surface area (Å²) in [5, 5.41) is 1.19. The molecule has 1 aliphatic carbocycles. The highest BCUT2D eigenvalue weighted by atomic mass is 32.2. The van der Waals surface area contributed by atoms with E-state index in [0.29, 0.717) is 0 Å². The molecular weight excluding hydrogens is 288 g/mol. The number of rotatable bonds is 3. The molecule has 3 heteroatoms. The number of aromatic nitrogens is 2. The van der Waals surface area contributed by atoms with E-state index in [4.69, 9.17) is 4.98 Å². The normalized spacial score (nSPS) is 13.8. The highest BCUT2D eigenvalue weighted by molar-refractivity contribution is 7.99. The smallest absolute Gasteiger partial charge is 0.138 e. The van der Waals surface area contributed by atoms with Crippen LogP contribution in [0.2, 0.25) is 0 Å². The minimum absolute atomic E-state index is 0.964. The Labute approximate surface area is 134 Å². The van der Waals surface area contributed by atoms with Crippen molar-refractivity contribution in [1.82, 2.24) is 9.38 Å². The lowest BCUT2D eigenvalue weighted by molar-refractivity contribution is 1.04. The third kappa shape index (κ3) is 2.38. The van der Waals surface area contributed by atoms with E-state index < -0.39 is 0 Å². The molecule has 1 aromatic carbocycles. The standard InChI is InChI=1S/C19H16N2S/c1-14-9-11-16(12-10-14)22-19-18(15-6-2-3-7-15)20-17-8-4-5-13-21(17)19/h2-6,8-13H,7H2,1H3. The minimum Gasteiger partial charge on any atom is -0.294 e. The first-order valence-corrected chi connectivity index (χ1v) is 8.20. The second-order valence-electron chi connectivity index (χ2n) is 5.43.